The van der Waals surface area contributed by atoms with Crippen molar-refractivity contribution < 1.29 is 9.53 Å². The number of rotatable bonds is 7. The number of aromatic nitrogens is 2. The molecule has 1 fully saturated rings. The summed E-state index contributed by atoms with van der Waals surface area (Å²) in [6, 6.07) is 8.19. The first-order valence-electron chi connectivity index (χ1n) is 12.8. The summed E-state index contributed by atoms with van der Waals surface area (Å²) in [6.07, 6.45) is 2.73. The number of ether oxygens (including phenoxy) is 1. The van der Waals surface area contributed by atoms with Crippen LogP contribution in [0.5, 0.6) is 5.75 Å². The Hall–Kier alpha value is -2.75. The zero-order chi connectivity index (χ0) is 25.2. The molecule has 1 aromatic carbocycles. The van der Waals surface area contributed by atoms with Gasteiger partial charge in [-0.3, -0.25) is 4.79 Å². The highest BCUT2D eigenvalue weighted by Crippen LogP contribution is 2.38. The van der Waals surface area contributed by atoms with Gasteiger partial charge in [0.15, 0.2) is 0 Å². The lowest BCUT2D eigenvalue weighted by atomic mass is 9.96. The minimum absolute atomic E-state index is 0.178. The van der Waals surface area contributed by atoms with Gasteiger partial charge < -0.3 is 24.8 Å². The highest BCUT2D eigenvalue weighted by atomic mass is 32.1. The van der Waals surface area contributed by atoms with Crippen LogP contribution in [0.25, 0.3) is 10.2 Å². The number of benzene rings is 1. The Balaban J connectivity index is 1.32. The van der Waals surface area contributed by atoms with Crippen LogP contribution in [0.3, 0.4) is 0 Å². The van der Waals surface area contributed by atoms with E-state index in [-0.39, 0.29) is 11.8 Å². The summed E-state index contributed by atoms with van der Waals surface area (Å²) in [5.74, 6) is 1.78. The molecule has 192 valence electrons. The Morgan fingerprint density at radius 3 is 2.56 bits per heavy atom. The highest BCUT2D eigenvalue weighted by Gasteiger charge is 2.31. The lowest BCUT2D eigenvalue weighted by Crippen LogP contribution is -2.51. The van der Waals surface area contributed by atoms with Gasteiger partial charge >= 0.3 is 0 Å². The third-order valence-electron chi connectivity index (χ3n) is 7.25. The van der Waals surface area contributed by atoms with Crippen molar-refractivity contribution in [3.63, 3.8) is 0 Å². The van der Waals surface area contributed by atoms with Crippen LogP contribution in [0, 0.1) is 0 Å². The number of fused-ring (bicyclic) bond motifs is 3. The molecule has 1 saturated heterocycles. The molecular formula is C27H36N6O2S. The number of thiophene rings is 1. The van der Waals surface area contributed by atoms with Crippen molar-refractivity contribution in [2.45, 2.75) is 38.8 Å². The van der Waals surface area contributed by atoms with Crippen molar-refractivity contribution >= 4 is 33.3 Å². The summed E-state index contributed by atoms with van der Waals surface area (Å²) in [5.41, 5.74) is 2.44. The zero-order valence-electron chi connectivity index (χ0n) is 21.7. The summed E-state index contributed by atoms with van der Waals surface area (Å²) in [4.78, 5) is 32.3. The molecule has 36 heavy (non-hydrogen) atoms. The predicted molar refractivity (Wildman–Crippen MR) is 145 cm³/mol. The maximum absolute atomic E-state index is 13.7. The van der Waals surface area contributed by atoms with E-state index < -0.39 is 0 Å². The molecular weight excluding hydrogens is 472 g/mol. The van der Waals surface area contributed by atoms with Gasteiger partial charge in [-0.25, -0.2) is 9.97 Å². The van der Waals surface area contributed by atoms with E-state index in [4.69, 9.17) is 9.72 Å². The van der Waals surface area contributed by atoms with Crippen molar-refractivity contribution in [2.24, 2.45) is 0 Å². The predicted octanol–water partition coefficient (Wildman–Crippen LogP) is 3.12. The molecule has 5 rings (SSSR count). The molecule has 1 unspecified atom stereocenters. The number of likely N-dealkylation sites (N-methyl/N-ethyl adjacent to an activating group) is 1. The van der Waals surface area contributed by atoms with E-state index in [9.17, 15) is 4.79 Å². The van der Waals surface area contributed by atoms with Crippen LogP contribution >= 0.6 is 11.3 Å². The van der Waals surface area contributed by atoms with Crippen molar-refractivity contribution in [2.75, 3.05) is 58.3 Å². The van der Waals surface area contributed by atoms with Crippen LogP contribution < -0.4 is 15.0 Å². The Kier molecular flexibility index (Phi) is 7.41. The molecule has 2 aromatic heterocycles. The molecule has 4 heterocycles. The van der Waals surface area contributed by atoms with Gasteiger partial charge in [0.2, 0.25) is 5.91 Å². The minimum atomic E-state index is -0.225. The number of carbonyl (C=O) groups is 1. The molecule has 9 heteroatoms. The third kappa shape index (κ3) is 5.05. The van der Waals surface area contributed by atoms with Gasteiger partial charge in [-0.2, -0.15) is 0 Å². The molecule has 3 aromatic rings. The number of nitrogens with zero attached hydrogens (tertiary/aromatic N) is 5. The second kappa shape index (κ2) is 10.7. The van der Waals surface area contributed by atoms with E-state index >= 15 is 0 Å². The Morgan fingerprint density at radius 1 is 1.11 bits per heavy atom. The van der Waals surface area contributed by atoms with Gasteiger partial charge in [-0.15, -0.1) is 11.3 Å². The Bertz CT molecular complexity index is 1200. The molecule has 0 radical (unpaired) electrons. The van der Waals surface area contributed by atoms with E-state index in [2.05, 4.69) is 41.0 Å². The second-order valence-electron chi connectivity index (χ2n) is 10.1. The first-order valence-corrected chi connectivity index (χ1v) is 13.6. The van der Waals surface area contributed by atoms with Gasteiger partial charge in [0.25, 0.3) is 0 Å². The number of amides is 1. The van der Waals surface area contributed by atoms with Crippen LogP contribution in [0.1, 0.15) is 35.8 Å². The van der Waals surface area contributed by atoms with Gasteiger partial charge in [0.1, 0.15) is 22.7 Å². The molecule has 1 N–H and O–H groups in total. The third-order valence-corrected chi connectivity index (χ3v) is 8.37. The van der Waals surface area contributed by atoms with Crippen molar-refractivity contribution in [3.05, 3.63) is 46.6 Å². The van der Waals surface area contributed by atoms with Crippen molar-refractivity contribution in [3.8, 4) is 5.75 Å². The molecule has 1 amide bonds. The maximum Gasteiger partial charge on any atom is 0.231 e. The average molecular weight is 509 g/mol. The topological polar surface area (TPSA) is 73.8 Å². The fourth-order valence-electron chi connectivity index (χ4n) is 5.18. The smallest absolute Gasteiger partial charge is 0.231 e. The van der Waals surface area contributed by atoms with Gasteiger partial charge in [0, 0.05) is 56.7 Å². The molecule has 2 aliphatic rings. The number of carbonyl (C=O) groups excluding carboxylic acids is 1. The number of nitrogens with one attached hydrogen (secondary N) is 1. The monoisotopic (exact) mass is 508 g/mol. The lowest BCUT2D eigenvalue weighted by Gasteiger charge is -2.37. The largest absolute Gasteiger partial charge is 0.497 e. The molecule has 0 spiro atoms. The first-order chi connectivity index (χ1) is 17.4. The Morgan fingerprint density at radius 2 is 1.86 bits per heavy atom. The quantitative estimate of drug-likeness (QED) is 0.526. The standard InChI is InChI=1S/C27H36N6O2S/c1-18(2)28-15-22(19-5-7-20(35-4)8-6-19)27(34)33-13-11-32(12-14-33)25-24-21-9-10-31(3)16-23(21)36-26(24)30-17-29-25/h5-8,17-18,22,28H,9-16H2,1-4H3. The Labute approximate surface area is 217 Å². The normalized spacial score (nSPS) is 17.5. The van der Waals surface area contributed by atoms with Crippen molar-refractivity contribution in [1.29, 1.82) is 0 Å². The average Bonchev–Trinajstić information content (AvgIpc) is 3.26. The van der Waals surface area contributed by atoms with Gasteiger partial charge in [0.05, 0.1) is 18.4 Å². The molecule has 0 bridgehead atoms. The lowest BCUT2D eigenvalue weighted by molar-refractivity contribution is -0.133. The van der Waals surface area contributed by atoms with E-state index in [1.54, 1.807) is 24.8 Å². The van der Waals surface area contributed by atoms with Crippen LogP contribution in [0.2, 0.25) is 0 Å². The van der Waals surface area contributed by atoms with Crippen LogP contribution in [-0.4, -0.2) is 85.1 Å². The summed E-state index contributed by atoms with van der Waals surface area (Å²) in [6.45, 7) is 9.80. The van der Waals surface area contributed by atoms with Crippen molar-refractivity contribution in [1.82, 2.24) is 25.1 Å². The maximum atomic E-state index is 13.7. The number of methoxy groups -OCH3 is 1. The number of piperazine rings is 1. The zero-order valence-corrected chi connectivity index (χ0v) is 22.5. The molecule has 1 atom stereocenters. The van der Waals surface area contributed by atoms with E-state index in [0.717, 1.165) is 54.6 Å². The van der Waals surface area contributed by atoms with Crippen LogP contribution in [0.15, 0.2) is 30.6 Å². The summed E-state index contributed by atoms with van der Waals surface area (Å²) in [7, 11) is 3.83. The van der Waals surface area contributed by atoms with Crippen LogP contribution in [-0.2, 0) is 17.8 Å². The fraction of sp³-hybridized carbons (Fsp3) is 0.519. The van der Waals surface area contributed by atoms with Gasteiger partial charge in [-0.1, -0.05) is 26.0 Å². The molecule has 0 aliphatic carbocycles. The minimum Gasteiger partial charge on any atom is -0.497 e. The van der Waals surface area contributed by atoms with E-state index in [0.29, 0.717) is 25.7 Å². The summed E-state index contributed by atoms with van der Waals surface area (Å²) >= 11 is 1.80. The first kappa shape index (κ1) is 24.9. The molecule has 8 nitrogen and oxygen atoms in total. The number of hydrogen-bond acceptors (Lipinski definition) is 8. The second-order valence-corrected chi connectivity index (χ2v) is 11.2. The van der Waals surface area contributed by atoms with E-state index in [1.165, 1.54) is 15.8 Å². The highest BCUT2D eigenvalue weighted by molar-refractivity contribution is 7.19. The molecule has 2 aliphatic heterocycles. The fourth-order valence-corrected chi connectivity index (χ4v) is 6.44. The van der Waals surface area contributed by atoms with Crippen LogP contribution in [0.4, 0.5) is 5.82 Å². The summed E-state index contributed by atoms with van der Waals surface area (Å²) < 4.78 is 5.31. The number of hydrogen-bond donors (Lipinski definition) is 1. The summed E-state index contributed by atoms with van der Waals surface area (Å²) in [5, 5.41) is 4.69. The SMILES string of the molecule is COc1ccc(C(CNC(C)C)C(=O)N2CCN(c3ncnc4sc5c(c34)CCN(C)C5)CC2)cc1. The van der Waals surface area contributed by atoms with Gasteiger partial charge in [-0.05, 0) is 36.7 Å². The van der Waals surface area contributed by atoms with E-state index in [1.807, 2.05) is 29.2 Å². The number of anilines is 1. The molecule has 0 saturated carbocycles.